The van der Waals surface area contributed by atoms with Crippen LogP contribution in [-0.4, -0.2) is 32.1 Å². The Hall–Kier alpha value is -2.40. The number of rotatable bonds is 5. The summed E-state index contributed by atoms with van der Waals surface area (Å²) in [5, 5.41) is 3.12. The summed E-state index contributed by atoms with van der Waals surface area (Å²) in [5.74, 6) is -0.323. The van der Waals surface area contributed by atoms with Gasteiger partial charge in [-0.25, -0.2) is 4.39 Å². The first-order chi connectivity index (χ1) is 12.2. The van der Waals surface area contributed by atoms with Gasteiger partial charge in [-0.3, -0.25) is 4.79 Å². The van der Waals surface area contributed by atoms with Crippen LogP contribution in [0.15, 0.2) is 48.5 Å². The van der Waals surface area contributed by atoms with Gasteiger partial charge in [-0.05, 0) is 42.7 Å². The number of nitrogens with one attached hydrogen (secondary N) is 1. The number of methoxy groups -OCH3 is 1. The normalized spacial score (nSPS) is 17.4. The van der Waals surface area contributed by atoms with Crippen molar-refractivity contribution in [2.45, 2.75) is 25.5 Å². The molecule has 1 N–H and O–H groups in total. The fourth-order valence-electron chi connectivity index (χ4n) is 3.29. The maximum atomic E-state index is 13.5. The number of hydrogen-bond acceptors (Lipinski definition) is 3. The van der Waals surface area contributed by atoms with Crippen molar-refractivity contribution >= 4 is 11.6 Å². The summed E-state index contributed by atoms with van der Waals surface area (Å²) < 4.78 is 18.6. The highest BCUT2D eigenvalue weighted by atomic mass is 19.1. The van der Waals surface area contributed by atoms with E-state index in [-0.39, 0.29) is 17.8 Å². The summed E-state index contributed by atoms with van der Waals surface area (Å²) in [5.41, 5.74) is 2.38. The first-order valence-electron chi connectivity index (χ1n) is 8.55. The minimum absolute atomic E-state index is 0.0418. The number of carbonyl (C=O) groups excluding carboxylic acids is 1. The van der Waals surface area contributed by atoms with E-state index in [1.807, 2.05) is 30.3 Å². The standard InChI is InChI=1S/C20H23FN2O2/c1-25-14-15-6-2-3-10-19(15)20(24)22-17-8-5-11-23(13-17)18-9-4-7-16(21)12-18/h2-4,6-7,9-10,12,17H,5,8,11,13-14H2,1H3,(H,22,24). The van der Waals surface area contributed by atoms with Crippen molar-refractivity contribution < 1.29 is 13.9 Å². The van der Waals surface area contributed by atoms with E-state index in [0.29, 0.717) is 18.7 Å². The lowest BCUT2D eigenvalue weighted by atomic mass is 10.0. The maximum absolute atomic E-state index is 13.5. The van der Waals surface area contributed by atoms with Crippen LogP contribution in [0.1, 0.15) is 28.8 Å². The van der Waals surface area contributed by atoms with Gasteiger partial charge in [0.1, 0.15) is 5.82 Å². The third-order valence-corrected chi connectivity index (χ3v) is 4.49. The molecule has 1 atom stereocenters. The number of piperidine rings is 1. The average molecular weight is 342 g/mol. The zero-order valence-electron chi connectivity index (χ0n) is 14.4. The smallest absolute Gasteiger partial charge is 0.251 e. The maximum Gasteiger partial charge on any atom is 0.251 e. The lowest BCUT2D eigenvalue weighted by Crippen LogP contribution is -2.48. The number of benzene rings is 2. The Bertz CT molecular complexity index is 735. The molecule has 2 aromatic carbocycles. The number of carbonyl (C=O) groups is 1. The molecule has 0 spiro atoms. The predicted molar refractivity (Wildman–Crippen MR) is 96.3 cm³/mol. The lowest BCUT2D eigenvalue weighted by molar-refractivity contribution is 0.0928. The van der Waals surface area contributed by atoms with Crippen molar-refractivity contribution in [3.05, 3.63) is 65.5 Å². The van der Waals surface area contributed by atoms with Gasteiger partial charge in [0.25, 0.3) is 5.91 Å². The SMILES string of the molecule is COCc1ccccc1C(=O)NC1CCCN(c2cccc(F)c2)C1. The Balaban J connectivity index is 1.67. The third-order valence-electron chi connectivity index (χ3n) is 4.49. The molecule has 0 bridgehead atoms. The van der Waals surface area contributed by atoms with Gasteiger partial charge in [0.05, 0.1) is 6.61 Å². The molecule has 0 aliphatic carbocycles. The van der Waals surface area contributed by atoms with E-state index < -0.39 is 0 Å². The molecule has 132 valence electrons. The van der Waals surface area contributed by atoms with Crippen molar-refractivity contribution in [2.24, 2.45) is 0 Å². The van der Waals surface area contributed by atoms with Crippen LogP contribution in [0.2, 0.25) is 0 Å². The molecule has 5 heteroatoms. The highest BCUT2D eigenvalue weighted by Gasteiger charge is 2.23. The second-order valence-corrected chi connectivity index (χ2v) is 6.33. The lowest BCUT2D eigenvalue weighted by Gasteiger charge is -2.35. The highest BCUT2D eigenvalue weighted by Crippen LogP contribution is 2.21. The Morgan fingerprint density at radius 1 is 1.28 bits per heavy atom. The van der Waals surface area contributed by atoms with Crippen molar-refractivity contribution in [3.8, 4) is 0 Å². The average Bonchev–Trinajstić information content (AvgIpc) is 2.63. The van der Waals surface area contributed by atoms with Crippen LogP contribution in [0.25, 0.3) is 0 Å². The number of nitrogens with zero attached hydrogens (tertiary/aromatic N) is 1. The summed E-state index contributed by atoms with van der Waals surface area (Å²) in [6.45, 7) is 1.96. The van der Waals surface area contributed by atoms with Gasteiger partial charge in [0, 0.05) is 37.5 Å². The van der Waals surface area contributed by atoms with Crippen molar-refractivity contribution in [3.63, 3.8) is 0 Å². The number of hydrogen-bond donors (Lipinski definition) is 1. The first kappa shape index (κ1) is 17.4. The molecule has 4 nitrogen and oxygen atoms in total. The Morgan fingerprint density at radius 3 is 2.92 bits per heavy atom. The van der Waals surface area contributed by atoms with Crippen LogP contribution >= 0.6 is 0 Å². The van der Waals surface area contributed by atoms with E-state index >= 15 is 0 Å². The molecular formula is C20H23FN2O2. The van der Waals surface area contributed by atoms with Crippen LogP contribution in [0, 0.1) is 5.82 Å². The molecule has 1 heterocycles. The Morgan fingerprint density at radius 2 is 2.12 bits per heavy atom. The van der Waals surface area contributed by atoms with Crippen molar-refractivity contribution in [2.75, 3.05) is 25.1 Å². The van der Waals surface area contributed by atoms with E-state index in [4.69, 9.17) is 4.74 Å². The molecule has 1 amide bonds. The minimum Gasteiger partial charge on any atom is -0.380 e. The third kappa shape index (κ3) is 4.37. The van der Waals surface area contributed by atoms with Gasteiger partial charge < -0.3 is 15.0 Å². The Kier molecular flexibility index (Phi) is 5.66. The number of ether oxygens (including phenoxy) is 1. The van der Waals surface area contributed by atoms with E-state index in [1.54, 1.807) is 13.2 Å². The fourth-order valence-corrected chi connectivity index (χ4v) is 3.29. The molecule has 1 fully saturated rings. The van der Waals surface area contributed by atoms with Crippen LogP contribution in [-0.2, 0) is 11.3 Å². The van der Waals surface area contributed by atoms with Gasteiger partial charge in [-0.2, -0.15) is 0 Å². The van der Waals surface area contributed by atoms with Gasteiger partial charge in [0.2, 0.25) is 0 Å². The van der Waals surface area contributed by atoms with E-state index in [2.05, 4.69) is 10.2 Å². The van der Waals surface area contributed by atoms with Gasteiger partial charge in [-0.1, -0.05) is 24.3 Å². The highest BCUT2D eigenvalue weighted by molar-refractivity contribution is 5.95. The van der Waals surface area contributed by atoms with Gasteiger partial charge in [-0.15, -0.1) is 0 Å². The number of halogens is 1. The van der Waals surface area contributed by atoms with Gasteiger partial charge in [0.15, 0.2) is 0 Å². The molecule has 25 heavy (non-hydrogen) atoms. The predicted octanol–water partition coefficient (Wildman–Crippen LogP) is 3.37. The molecule has 1 aliphatic rings. The molecule has 3 rings (SSSR count). The van der Waals surface area contributed by atoms with Gasteiger partial charge >= 0.3 is 0 Å². The molecule has 1 unspecified atom stereocenters. The first-order valence-corrected chi connectivity index (χ1v) is 8.55. The summed E-state index contributed by atoms with van der Waals surface area (Å²) in [7, 11) is 1.62. The summed E-state index contributed by atoms with van der Waals surface area (Å²) in [4.78, 5) is 14.8. The molecule has 0 radical (unpaired) electrons. The molecular weight excluding hydrogens is 319 g/mol. The van der Waals surface area contributed by atoms with Crippen LogP contribution in [0.3, 0.4) is 0 Å². The minimum atomic E-state index is -0.239. The fraction of sp³-hybridized carbons (Fsp3) is 0.350. The molecule has 1 aliphatic heterocycles. The number of anilines is 1. The summed E-state index contributed by atoms with van der Waals surface area (Å²) in [6.07, 6.45) is 1.88. The van der Waals surface area contributed by atoms with Crippen LogP contribution in [0.5, 0.6) is 0 Å². The molecule has 1 saturated heterocycles. The molecule has 0 saturated carbocycles. The summed E-state index contributed by atoms with van der Waals surface area (Å²) in [6, 6.07) is 14.1. The Labute approximate surface area is 147 Å². The largest absolute Gasteiger partial charge is 0.380 e. The van der Waals surface area contributed by atoms with E-state index in [1.165, 1.54) is 12.1 Å². The molecule has 0 aromatic heterocycles. The quantitative estimate of drug-likeness (QED) is 0.906. The zero-order valence-corrected chi connectivity index (χ0v) is 14.4. The summed E-state index contributed by atoms with van der Waals surface area (Å²) >= 11 is 0. The topological polar surface area (TPSA) is 41.6 Å². The second kappa shape index (κ2) is 8.12. The van der Waals surface area contributed by atoms with Crippen molar-refractivity contribution in [1.82, 2.24) is 5.32 Å². The second-order valence-electron chi connectivity index (χ2n) is 6.33. The zero-order chi connectivity index (χ0) is 17.6. The van der Waals surface area contributed by atoms with E-state index in [0.717, 1.165) is 30.6 Å². The van der Waals surface area contributed by atoms with E-state index in [9.17, 15) is 9.18 Å². The van der Waals surface area contributed by atoms with Crippen LogP contribution < -0.4 is 10.2 Å². The molecule has 2 aromatic rings. The van der Waals surface area contributed by atoms with Crippen molar-refractivity contribution in [1.29, 1.82) is 0 Å². The monoisotopic (exact) mass is 342 g/mol. The van der Waals surface area contributed by atoms with Crippen LogP contribution in [0.4, 0.5) is 10.1 Å². The number of amides is 1.